The van der Waals surface area contributed by atoms with Crippen LogP contribution < -0.4 is 0 Å². The number of hydrogen-bond donors (Lipinski definition) is 0. The van der Waals surface area contributed by atoms with Gasteiger partial charge in [-0.1, -0.05) is 6.08 Å². The SMILES string of the molecule is CC(=O)C(F)C(=O)C1=CCCCC1. The number of Topliss-reactive ketones (excluding diaryl/α,β-unsaturated/α-hetero) is 2. The number of allylic oxidation sites excluding steroid dienone is 2. The molecule has 0 amide bonds. The van der Waals surface area contributed by atoms with Gasteiger partial charge in [-0.2, -0.15) is 0 Å². The van der Waals surface area contributed by atoms with Crippen LogP contribution in [0.2, 0.25) is 0 Å². The molecule has 0 saturated heterocycles. The fourth-order valence-corrected chi connectivity index (χ4v) is 1.41. The maximum atomic E-state index is 13.0. The van der Waals surface area contributed by atoms with E-state index < -0.39 is 17.7 Å². The Labute approximate surface area is 76.8 Å². The molecule has 1 atom stereocenters. The van der Waals surface area contributed by atoms with Gasteiger partial charge in [-0.25, -0.2) is 4.39 Å². The fourth-order valence-electron chi connectivity index (χ4n) is 1.41. The van der Waals surface area contributed by atoms with E-state index in [1.54, 1.807) is 6.08 Å². The van der Waals surface area contributed by atoms with Gasteiger partial charge < -0.3 is 0 Å². The predicted molar refractivity (Wildman–Crippen MR) is 47.1 cm³/mol. The monoisotopic (exact) mass is 184 g/mol. The van der Waals surface area contributed by atoms with Crippen molar-refractivity contribution in [1.82, 2.24) is 0 Å². The van der Waals surface area contributed by atoms with Crippen molar-refractivity contribution in [2.75, 3.05) is 0 Å². The lowest BCUT2D eigenvalue weighted by molar-refractivity contribution is -0.130. The standard InChI is InChI=1S/C10H13FO2/c1-7(12)9(11)10(13)8-5-3-2-4-6-8/h5,9H,2-4,6H2,1H3. The van der Waals surface area contributed by atoms with E-state index in [1.165, 1.54) is 0 Å². The number of ketones is 2. The summed E-state index contributed by atoms with van der Waals surface area (Å²) in [6.07, 6.45) is 3.22. The molecule has 0 N–H and O–H groups in total. The van der Waals surface area contributed by atoms with Gasteiger partial charge in [-0.15, -0.1) is 0 Å². The van der Waals surface area contributed by atoms with Gasteiger partial charge in [0.1, 0.15) is 0 Å². The molecule has 1 unspecified atom stereocenters. The second kappa shape index (κ2) is 4.30. The van der Waals surface area contributed by atoms with Crippen molar-refractivity contribution in [3.8, 4) is 0 Å². The molecule has 0 bridgehead atoms. The Hall–Kier alpha value is -0.990. The van der Waals surface area contributed by atoms with Gasteiger partial charge in [0, 0.05) is 0 Å². The lowest BCUT2D eigenvalue weighted by atomic mass is 9.94. The van der Waals surface area contributed by atoms with Gasteiger partial charge in [-0.3, -0.25) is 9.59 Å². The van der Waals surface area contributed by atoms with Crippen LogP contribution in [-0.4, -0.2) is 17.7 Å². The maximum Gasteiger partial charge on any atom is 0.220 e. The largest absolute Gasteiger partial charge is 0.296 e. The van der Waals surface area contributed by atoms with Crippen LogP contribution in [0.1, 0.15) is 32.6 Å². The molecule has 1 rings (SSSR count). The van der Waals surface area contributed by atoms with Crippen LogP contribution in [0.4, 0.5) is 4.39 Å². The molecule has 0 spiro atoms. The maximum absolute atomic E-state index is 13.0. The molecule has 0 fully saturated rings. The summed E-state index contributed by atoms with van der Waals surface area (Å²) < 4.78 is 13.0. The first kappa shape index (κ1) is 10.1. The Kier molecular flexibility index (Phi) is 3.34. The van der Waals surface area contributed by atoms with Crippen LogP contribution in [0, 0.1) is 0 Å². The molecule has 1 aliphatic rings. The summed E-state index contributed by atoms with van der Waals surface area (Å²) in [7, 11) is 0. The van der Waals surface area contributed by atoms with E-state index >= 15 is 0 Å². The third-order valence-corrected chi connectivity index (χ3v) is 2.19. The van der Waals surface area contributed by atoms with E-state index in [9.17, 15) is 14.0 Å². The van der Waals surface area contributed by atoms with Crippen LogP contribution in [0.5, 0.6) is 0 Å². The highest BCUT2D eigenvalue weighted by molar-refractivity contribution is 6.12. The average Bonchev–Trinajstić information content (AvgIpc) is 2.17. The average molecular weight is 184 g/mol. The van der Waals surface area contributed by atoms with Crippen molar-refractivity contribution >= 4 is 11.6 Å². The minimum absolute atomic E-state index is 0.494. The van der Waals surface area contributed by atoms with Crippen molar-refractivity contribution in [1.29, 1.82) is 0 Å². The molecule has 0 aromatic carbocycles. The molecule has 1 aliphatic carbocycles. The zero-order valence-corrected chi connectivity index (χ0v) is 7.68. The molecular formula is C10H13FO2. The summed E-state index contributed by atoms with van der Waals surface area (Å²) in [4.78, 5) is 21.9. The van der Waals surface area contributed by atoms with Crippen LogP contribution in [0.3, 0.4) is 0 Å². The quantitative estimate of drug-likeness (QED) is 0.628. The van der Waals surface area contributed by atoms with Crippen molar-refractivity contribution in [2.45, 2.75) is 38.8 Å². The number of alkyl halides is 1. The van der Waals surface area contributed by atoms with Gasteiger partial charge in [0.05, 0.1) is 0 Å². The van der Waals surface area contributed by atoms with Crippen LogP contribution in [0.25, 0.3) is 0 Å². The van der Waals surface area contributed by atoms with E-state index in [0.717, 1.165) is 26.2 Å². The highest BCUT2D eigenvalue weighted by Crippen LogP contribution is 2.20. The Morgan fingerprint density at radius 2 is 2.15 bits per heavy atom. The second-order valence-corrected chi connectivity index (χ2v) is 3.31. The van der Waals surface area contributed by atoms with Crippen LogP contribution in [0.15, 0.2) is 11.6 Å². The topological polar surface area (TPSA) is 34.1 Å². The fraction of sp³-hybridized carbons (Fsp3) is 0.600. The highest BCUT2D eigenvalue weighted by Gasteiger charge is 2.25. The molecule has 0 aromatic rings. The Bertz CT molecular complexity index is 256. The van der Waals surface area contributed by atoms with Crippen LogP contribution in [-0.2, 0) is 9.59 Å². The summed E-state index contributed by atoms with van der Waals surface area (Å²) in [5, 5.41) is 0. The zero-order chi connectivity index (χ0) is 9.84. The third kappa shape index (κ3) is 2.47. The molecule has 0 heterocycles. The first-order chi connectivity index (χ1) is 6.13. The molecule has 72 valence electrons. The Morgan fingerprint density at radius 3 is 2.62 bits per heavy atom. The number of carbonyl (C=O) groups excluding carboxylic acids is 2. The lowest BCUT2D eigenvalue weighted by Crippen LogP contribution is -2.25. The van der Waals surface area contributed by atoms with Crippen molar-refractivity contribution in [2.24, 2.45) is 0 Å². The summed E-state index contributed by atoms with van der Waals surface area (Å²) in [5.74, 6) is -1.33. The number of carbonyl (C=O) groups is 2. The Morgan fingerprint density at radius 1 is 1.46 bits per heavy atom. The first-order valence-electron chi connectivity index (χ1n) is 4.50. The van der Waals surface area contributed by atoms with Crippen molar-refractivity contribution in [3.63, 3.8) is 0 Å². The van der Waals surface area contributed by atoms with Crippen molar-refractivity contribution < 1.29 is 14.0 Å². The van der Waals surface area contributed by atoms with Crippen LogP contribution >= 0.6 is 0 Å². The van der Waals surface area contributed by atoms with E-state index in [-0.39, 0.29) is 0 Å². The minimum Gasteiger partial charge on any atom is -0.296 e. The van der Waals surface area contributed by atoms with Crippen molar-refractivity contribution in [3.05, 3.63) is 11.6 Å². The summed E-state index contributed by atoms with van der Waals surface area (Å²) in [6, 6.07) is 0. The van der Waals surface area contributed by atoms with E-state index in [0.29, 0.717) is 12.0 Å². The first-order valence-corrected chi connectivity index (χ1v) is 4.50. The summed E-state index contributed by atoms with van der Waals surface area (Å²) in [6.45, 7) is 1.10. The predicted octanol–water partition coefficient (Wildman–Crippen LogP) is 1.98. The van der Waals surface area contributed by atoms with Gasteiger partial charge in [-0.05, 0) is 38.2 Å². The summed E-state index contributed by atoms with van der Waals surface area (Å²) >= 11 is 0. The molecule has 0 saturated carbocycles. The molecule has 0 aliphatic heterocycles. The lowest BCUT2D eigenvalue weighted by Gasteiger charge is -2.12. The second-order valence-electron chi connectivity index (χ2n) is 3.31. The van der Waals surface area contributed by atoms with Gasteiger partial charge in [0.2, 0.25) is 6.17 Å². The van der Waals surface area contributed by atoms with E-state index in [2.05, 4.69) is 0 Å². The zero-order valence-electron chi connectivity index (χ0n) is 7.68. The summed E-state index contributed by atoms with van der Waals surface area (Å²) in [5.41, 5.74) is 0.494. The molecule has 0 aromatic heterocycles. The number of rotatable bonds is 3. The van der Waals surface area contributed by atoms with E-state index in [1.807, 2.05) is 0 Å². The molecule has 2 nitrogen and oxygen atoms in total. The Balaban J connectivity index is 2.66. The third-order valence-electron chi connectivity index (χ3n) is 2.19. The number of halogens is 1. The van der Waals surface area contributed by atoms with Gasteiger partial charge >= 0.3 is 0 Å². The highest BCUT2D eigenvalue weighted by atomic mass is 19.1. The van der Waals surface area contributed by atoms with E-state index in [4.69, 9.17) is 0 Å². The van der Waals surface area contributed by atoms with Gasteiger partial charge in [0.25, 0.3) is 0 Å². The smallest absolute Gasteiger partial charge is 0.220 e. The molecule has 13 heavy (non-hydrogen) atoms. The normalized spacial score (nSPS) is 19.1. The molecule has 0 radical (unpaired) electrons. The minimum atomic E-state index is -1.94. The molecule has 3 heteroatoms. The molecular weight excluding hydrogens is 171 g/mol. The van der Waals surface area contributed by atoms with Gasteiger partial charge in [0.15, 0.2) is 11.6 Å². The number of hydrogen-bond acceptors (Lipinski definition) is 2.